The van der Waals surface area contributed by atoms with Crippen LogP contribution in [0.15, 0.2) is 84.9 Å². The summed E-state index contributed by atoms with van der Waals surface area (Å²) < 4.78 is 52.4. The molecule has 4 aromatic carbocycles. The van der Waals surface area contributed by atoms with Crippen LogP contribution in [0.5, 0.6) is 11.5 Å². The lowest BCUT2D eigenvalue weighted by Gasteiger charge is -2.36. The molecule has 6 rings (SSSR count). The molecule has 2 heterocycles. The molecule has 0 aliphatic carbocycles. The molecule has 3 unspecified atom stereocenters. The van der Waals surface area contributed by atoms with E-state index in [1.165, 1.54) is 21.9 Å². The molecule has 46 heavy (non-hydrogen) atoms. The fourth-order valence-electron chi connectivity index (χ4n) is 6.35. The predicted octanol–water partition coefficient (Wildman–Crippen LogP) is 5.42. The standard InChI is InChI=1S/C35H32F3N3O5/c1-21-14-15-40(28(33(39)43)19-24-8-4-7-23-6-2-3-11-27(23)24)34(44)32(25-9-5-10-26(18-25)35(36,37)38)41(21)31(42)17-22-12-13-29-30(16-22)46-20-45-29/h2-13,16,18,21,28,32H,14-15,17,19-20H2,1H3,(H2,39,43). The largest absolute Gasteiger partial charge is 0.454 e. The van der Waals surface area contributed by atoms with Crippen LogP contribution in [0.2, 0.25) is 0 Å². The molecule has 0 radical (unpaired) electrons. The first-order chi connectivity index (χ1) is 22.0. The zero-order chi connectivity index (χ0) is 32.6. The third-order valence-corrected chi connectivity index (χ3v) is 8.67. The molecule has 0 saturated carbocycles. The van der Waals surface area contributed by atoms with Gasteiger partial charge in [0.2, 0.25) is 18.6 Å². The molecule has 2 aliphatic heterocycles. The Morgan fingerprint density at radius 3 is 2.48 bits per heavy atom. The number of alkyl halides is 3. The Balaban J connectivity index is 1.40. The second-order valence-corrected chi connectivity index (χ2v) is 11.6. The Kier molecular flexibility index (Phi) is 8.33. The van der Waals surface area contributed by atoms with Gasteiger partial charge in [0.15, 0.2) is 11.5 Å². The molecule has 0 aromatic heterocycles. The molecule has 238 valence electrons. The summed E-state index contributed by atoms with van der Waals surface area (Å²) in [4.78, 5) is 44.4. The van der Waals surface area contributed by atoms with Gasteiger partial charge >= 0.3 is 6.18 Å². The van der Waals surface area contributed by atoms with E-state index in [1.807, 2.05) is 42.5 Å². The van der Waals surface area contributed by atoms with Crippen molar-refractivity contribution >= 4 is 28.5 Å². The number of hydrogen-bond acceptors (Lipinski definition) is 5. The molecule has 2 N–H and O–H groups in total. The summed E-state index contributed by atoms with van der Waals surface area (Å²) in [6.07, 6.45) is -4.45. The number of hydrogen-bond donors (Lipinski definition) is 1. The van der Waals surface area contributed by atoms with Crippen molar-refractivity contribution < 1.29 is 37.0 Å². The maximum absolute atomic E-state index is 14.6. The highest BCUT2D eigenvalue weighted by atomic mass is 19.4. The van der Waals surface area contributed by atoms with Crippen molar-refractivity contribution in [3.05, 3.63) is 107 Å². The van der Waals surface area contributed by atoms with Gasteiger partial charge in [-0.2, -0.15) is 13.2 Å². The SMILES string of the molecule is CC1CCN(C(Cc2cccc3ccccc23)C(N)=O)C(=O)C(c2cccc(C(F)(F)F)c2)N1C(=O)Cc1ccc2c(c1)OCO2. The summed E-state index contributed by atoms with van der Waals surface area (Å²) >= 11 is 0. The van der Waals surface area contributed by atoms with E-state index in [0.717, 1.165) is 28.5 Å². The number of carbonyl (C=O) groups excluding carboxylic acids is 3. The van der Waals surface area contributed by atoms with Crippen LogP contribution in [0.25, 0.3) is 10.8 Å². The van der Waals surface area contributed by atoms with Gasteiger partial charge in [0.1, 0.15) is 12.1 Å². The van der Waals surface area contributed by atoms with Crippen molar-refractivity contribution in [1.82, 2.24) is 9.80 Å². The molecule has 2 aliphatic rings. The minimum atomic E-state index is -4.68. The molecule has 3 amide bonds. The number of fused-ring (bicyclic) bond motifs is 2. The first-order valence-electron chi connectivity index (χ1n) is 14.9. The molecule has 0 bridgehead atoms. The Morgan fingerprint density at radius 2 is 1.70 bits per heavy atom. The lowest BCUT2D eigenvalue weighted by atomic mass is 9.96. The van der Waals surface area contributed by atoms with Gasteiger partial charge in [0.25, 0.3) is 5.91 Å². The Labute approximate surface area is 263 Å². The van der Waals surface area contributed by atoms with E-state index in [1.54, 1.807) is 25.1 Å². The van der Waals surface area contributed by atoms with E-state index in [2.05, 4.69) is 0 Å². The molecule has 3 atom stereocenters. The third-order valence-electron chi connectivity index (χ3n) is 8.67. The minimum Gasteiger partial charge on any atom is -0.454 e. The number of carbonyl (C=O) groups is 3. The highest BCUT2D eigenvalue weighted by Gasteiger charge is 2.44. The summed E-state index contributed by atoms with van der Waals surface area (Å²) in [7, 11) is 0. The van der Waals surface area contributed by atoms with Crippen LogP contribution in [0.3, 0.4) is 0 Å². The fourth-order valence-corrected chi connectivity index (χ4v) is 6.35. The summed E-state index contributed by atoms with van der Waals surface area (Å²) in [5.74, 6) is -0.878. The number of halogens is 3. The number of ether oxygens (including phenoxy) is 2. The monoisotopic (exact) mass is 631 g/mol. The summed E-state index contributed by atoms with van der Waals surface area (Å²) in [5, 5.41) is 1.84. The summed E-state index contributed by atoms with van der Waals surface area (Å²) in [6.45, 7) is 1.87. The lowest BCUT2D eigenvalue weighted by molar-refractivity contribution is -0.148. The quantitative estimate of drug-likeness (QED) is 0.294. The second kappa shape index (κ2) is 12.4. The smallest absolute Gasteiger partial charge is 0.416 e. The minimum absolute atomic E-state index is 0.00834. The molecule has 1 saturated heterocycles. The predicted molar refractivity (Wildman–Crippen MR) is 164 cm³/mol. The van der Waals surface area contributed by atoms with Crippen molar-refractivity contribution in [1.29, 1.82) is 0 Å². The zero-order valence-electron chi connectivity index (χ0n) is 25.0. The molecule has 1 fully saturated rings. The van der Waals surface area contributed by atoms with E-state index in [4.69, 9.17) is 15.2 Å². The van der Waals surface area contributed by atoms with E-state index >= 15 is 0 Å². The van der Waals surface area contributed by atoms with Crippen LogP contribution >= 0.6 is 0 Å². The zero-order valence-corrected chi connectivity index (χ0v) is 25.0. The average molecular weight is 632 g/mol. The van der Waals surface area contributed by atoms with Crippen molar-refractivity contribution in [2.24, 2.45) is 5.73 Å². The number of rotatable bonds is 7. The van der Waals surface area contributed by atoms with Crippen molar-refractivity contribution in [2.45, 2.75) is 50.5 Å². The van der Waals surface area contributed by atoms with Crippen LogP contribution in [-0.2, 0) is 33.4 Å². The first-order valence-corrected chi connectivity index (χ1v) is 14.9. The number of amides is 3. The first kappa shape index (κ1) is 30.9. The maximum Gasteiger partial charge on any atom is 0.416 e. The van der Waals surface area contributed by atoms with Crippen molar-refractivity contribution in [2.75, 3.05) is 13.3 Å². The molecular formula is C35H32F3N3O5. The Bertz CT molecular complexity index is 1800. The topological polar surface area (TPSA) is 102 Å². The van der Waals surface area contributed by atoms with Crippen LogP contribution in [0, 0.1) is 0 Å². The van der Waals surface area contributed by atoms with Gasteiger partial charge in [-0.25, -0.2) is 0 Å². The van der Waals surface area contributed by atoms with Gasteiger partial charge in [0, 0.05) is 19.0 Å². The van der Waals surface area contributed by atoms with E-state index in [-0.39, 0.29) is 38.2 Å². The lowest BCUT2D eigenvalue weighted by Crippen LogP contribution is -2.52. The van der Waals surface area contributed by atoms with Crippen LogP contribution < -0.4 is 15.2 Å². The number of benzene rings is 4. The van der Waals surface area contributed by atoms with Gasteiger partial charge in [-0.15, -0.1) is 0 Å². The number of nitrogens with zero attached hydrogens (tertiary/aromatic N) is 2. The van der Waals surface area contributed by atoms with Crippen LogP contribution in [0.4, 0.5) is 13.2 Å². The Hall–Kier alpha value is -5.06. The fraction of sp³-hybridized carbons (Fsp3) is 0.286. The number of primary amides is 1. The summed E-state index contributed by atoms with van der Waals surface area (Å²) in [5.41, 5.74) is 6.35. The molecule has 0 spiro atoms. The highest BCUT2D eigenvalue weighted by Crippen LogP contribution is 2.37. The van der Waals surface area contributed by atoms with Crippen LogP contribution in [-0.4, -0.2) is 52.9 Å². The van der Waals surface area contributed by atoms with Gasteiger partial charge in [-0.3, -0.25) is 14.4 Å². The molecular weight excluding hydrogens is 599 g/mol. The Morgan fingerprint density at radius 1 is 0.957 bits per heavy atom. The summed E-state index contributed by atoms with van der Waals surface area (Å²) in [6, 6.07) is 19.6. The van der Waals surface area contributed by atoms with E-state index in [0.29, 0.717) is 17.1 Å². The van der Waals surface area contributed by atoms with Crippen molar-refractivity contribution in [3.63, 3.8) is 0 Å². The molecule has 11 heteroatoms. The van der Waals surface area contributed by atoms with Crippen molar-refractivity contribution in [3.8, 4) is 11.5 Å². The molecule has 4 aromatic rings. The van der Waals surface area contributed by atoms with Gasteiger partial charge in [0.05, 0.1) is 12.0 Å². The molecule has 8 nitrogen and oxygen atoms in total. The second-order valence-electron chi connectivity index (χ2n) is 11.6. The van der Waals surface area contributed by atoms with E-state index in [9.17, 15) is 27.6 Å². The van der Waals surface area contributed by atoms with E-state index < -0.39 is 47.6 Å². The maximum atomic E-state index is 14.6. The number of nitrogens with two attached hydrogens (primary N) is 1. The normalized spacial score (nSPS) is 18.8. The van der Waals surface area contributed by atoms with Gasteiger partial charge in [-0.1, -0.05) is 60.7 Å². The third kappa shape index (κ3) is 6.09. The average Bonchev–Trinajstić information content (AvgIpc) is 3.45. The van der Waals surface area contributed by atoms with Gasteiger partial charge in [-0.05, 0) is 65.1 Å². The highest BCUT2D eigenvalue weighted by molar-refractivity contribution is 5.94. The van der Waals surface area contributed by atoms with Crippen LogP contribution in [0.1, 0.15) is 41.6 Å². The van der Waals surface area contributed by atoms with Gasteiger partial charge < -0.3 is 25.0 Å².